The summed E-state index contributed by atoms with van der Waals surface area (Å²) in [6.07, 6.45) is 2.40. The van der Waals surface area contributed by atoms with Crippen molar-refractivity contribution in [1.82, 2.24) is 25.1 Å². The minimum absolute atomic E-state index is 0.404. The summed E-state index contributed by atoms with van der Waals surface area (Å²) in [5.41, 5.74) is 2.80. The third kappa shape index (κ3) is 4.19. The van der Waals surface area contributed by atoms with E-state index in [0.29, 0.717) is 24.0 Å². The zero-order valence-electron chi connectivity index (χ0n) is 13.0. The lowest BCUT2D eigenvalue weighted by Gasteiger charge is -2.30. The highest BCUT2D eigenvalue weighted by atomic mass is 32.2. The van der Waals surface area contributed by atoms with Gasteiger partial charge in [-0.25, -0.2) is 4.68 Å². The van der Waals surface area contributed by atoms with Gasteiger partial charge in [0.1, 0.15) is 0 Å². The highest BCUT2D eigenvalue weighted by Crippen LogP contribution is 2.20. The van der Waals surface area contributed by atoms with Crippen LogP contribution in [0.4, 0.5) is 0 Å². The van der Waals surface area contributed by atoms with Gasteiger partial charge >= 0.3 is 0 Å². The van der Waals surface area contributed by atoms with Crippen LogP contribution in [-0.2, 0) is 19.5 Å². The molecule has 0 spiro atoms. The van der Waals surface area contributed by atoms with E-state index in [-0.39, 0.29) is 0 Å². The van der Waals surface area contributed by atoms with Gasteiger partial charge in [0.05, 0.1) is 12.6 Å². The second-order valence-corrected chi connectivity index (χ2v) is 6.64. The number of nitrogens with zero attached hydrogens (tertiary/aromatic N) is 5. The molecule has 0 bridgehead atoms. The lowest BCUT2D eigenvalue weighted by molar-refractivity contribution is 0.122. The Morgan fingerprint density at radius 1 is 1.35 bits per heavy atom. The number of rotatable bonds is 7. The molecule has 2 aromatic rings. The molecule has 0 fully saturated rings. The molecule has 1 aliphatic rings. The Labute approximate surface area is 140 Å². The first kappa shape index (κ1) is 16.2. The fourth-order valence-electron chi connectivity index (χ4n) is 2.77. The molecule has 0 aliphatic carbocycles. The Hall–Kier alpha value is -1.70. The van der Waals surface area contributed by atoms with E-state index < -0.39 is 6.10 Å². The number of aromatic nitrogens is 4. The average molecular weight is 331 g/mol. The Kier molecular flexibility index (Phi) is 5.43. The Morgan fingerprint density at radius 3 is 3.00 bits per heavy atom. The lowest BCUT2D eigenvalue weighted by Crippen LogP contribution is -2.37. The van der Waals surface area contributed by atoms with E-state index in [1.807, 2.05) is 0 Å². The molecule has 0 saturated carbocycles. The van der Waals surface area contributed by atoms with E-state index in [4.69, 9.17) is 0 Å². The van der Waals surface area contributed by atoms with E-state index in [0.717, 1.165) is 19.5 Å². The number of fused-ring (bicyclic) bond motifs is 1. The summed E-state index contributed by atoms with van der Waals surface area (Å²) in [5, 5.41) is 22.6. The maximum absolute atomic E-state index is 10.3. The quantitative estimate of drug-likeness (QED) is 0.610. The minimum atomic E-state index is -0.404. The van der Waals surface area contributed by atoms with Crippen molar-refractivity contribution >= 4 is 11.8 Å². The number of tetrazole rings is 1. The number of thioether (sulfide) groups is 1. The molecule has 122 valence electrons. The first-order chi connectivity index (χ1) is 11.3. The average Bonchev–Trinajstić information content (AvgIpc) is 3.00. The predicted molar refractivity (Wildman–Crippen MR) is 90.2 cm³/mol. The molecule has 1 aromatic carbocycles. The molecule has 0 radical (unpaired) electrons. The summed E-state index contributed by atoms with van der Waals surface area (Å²) < 4.78 is 1.68. The number of aliphatic hydroxyl groups is 1. The van der Waals surface area contributed by atoms with Crippen molar-refractivity contribution in [1.29, 1.82) is 0 Å². The van der Waals surface area contributed by atoms with Crippen LogP contribution in [0, 0.1) is 0 Å². The van der Waals surface area contributed by atoms with Crippen molar-refractivity contribution in [2.45, 2.75) is 30.8 Å². The van der Waals surface area contributed by atoms with Crippen molar-refractivity contribution in [3.63, 3.8) is 0 Å². The zero-order chi connectivity index (χ0) is 16.1. The molecule has 23 heavy (non-hydrogen) atoms. The van der Waals surface area contributed by atoms with Crippen LogP contribution in [0.3, 0.4) is 0 Å². The van der Waals surface area contributed by atoms with Crippen molar-refractivity contribution in [2.24, 2.45) is 0 Å². The smallest absolute Gasteiger partial charge is 0.209 e. The summed E-state index contributed by atoms with van der Waals surface area (Å²) >= 11 is 1.48. The van der Waals surface area contributed by atoms with Gasteiger partial charge < -0.3 is 5.11 Å². The third-order valence-corrected chi connectivity index (χ3v) is 4.99. The molecule has 0 saturated heterocycles. The minimum Gasteiger partial charge on any atom is -0.391 e. The molecule has 7 heteroatoms. The van der Waals surface area contributed by atoms with Crippen LogP contribution in [0.1, 0.15) is 11.1 Å². The summed E-state index contributed by atoms with van der Waals surface area (Å²) in [5.74, 6) is 0.579. The normalized spacial score (nSPS) is 16.0. The molecule has 1 unspecified atom stereocenters. The third-order valence-electron chi connectivity index (χ3n) is 3.88. The van der Waals surface area contributed by atoms with Gasteiger partial charge in [0, 0.05) is 25.4 Å². The monoisotopic (exact) mass is 331 g/mol. The largest absolute Gasteiger partial charge is 0.391 e. The van der Waals surface area contributed by atoms with Crippen LogP contribution in [0.15, 0.2) is 42.1 Å². The lowest BCUT2D eigenvalue weighted by atomic mass is 10.00. The molecule has 1 atom stereocenters. The predicted octanol–water partition coefficient (Wildman–Crippen LogP) is 1.37. The second kappa shape index (κ2) is 7.72. The van der Waals surface area contributed by atoms with Crippen LogP contribution in [-0.4, -0.2) is 55.2 Å². The first-order valence-corrected chi connectivity index (χ1v) is 8.72. The molecule has 1 aliphatic heterocycles. The number of aliphatic hydroxyl groups excluding tert-OH is 1. The van der Waals surface area contributed by atoms with Gasteiger partial charge in [-0.3, -0.25) is 4.90 Å². The molecule has 6 nitrogen and oxygen atoms in total. The molecule has 3 rings (SSSR count). The van der Waals surface area contributed by atoms with Gasteiger partial charge in [-0.2, -0.15) is 0 Å². The zero-order valence-corrected chi connectivity index (χ0v) is 13.8. The maximum Gasteiger partial charge on any atom is 0.209 e. The van der Waals surface area contributed by atoms with Gasteiger partial charge in [-0.1, -0.05) is 42.1 Å². The van der Waals surface area contributed by atoms with Crippen LogP contribution >= 0.6 is 11.8 Å². The van der Waals surface area contributed by atoms with E-state index in [1.165, 1.54) is 22.9 Å². The van der Waals surface area contributed by atoms with E-state index in [2.05, 4.69) is 51.3 Å². The highest BCUT2D eigenvalue weighted by Gasteiger charge is 2.19. The maximum atomic E-state index is 10.3. The Bertz CT molecular complexity index is 659. The fraction of sp³-hybridized carbons (Fsp3) is 0.438. The van der Waals surface area contributed by atoms with E-state index in [1.54, 1.807) is 10.8 Å². The SMILES string of the molecule is C=CCn1nnnc1SCC(O)CN1CCc2ccccc2C1. The molecule has 1 N–H and O–H groups in total. The summed E-state index contributed by atoms with van der Waals surface area (Å²) in [7, 11) is 0. The molecule has 2 heterocycles. The molecular weight excluding hydrogens is 310 g/mol. The molecule has 0 amide bonds. The number of benzene rings is 1. The topological polar surface area (TPSA) is 67.1 Å². The second-order valence-electron chi connectivity index (χ2n) is 5.65. The van der Waals surface area contributed by atoms with Crippen molar-refractivity contribution < 1.29 is 5.11 Å². The number of β-amino-alcohol motifs (C(OH)–C–C–N with tert-alkyl or cyclic N) is 1. The van der Waals surface area contributed by atoms with Gasteiger partial charge in [0.25, 0.3) is 0 Å². The van der Waals surface area contributed by atoms with Crippen molar-refractivity contribution in [2.75, 3.05) is 18.8 Å². The van der Waals surface area contributed by atoms with Crippen LogP contribution < -0.4 is 0 Å². The highest BCUT2D eigenvalue weighted by molar-refractivity contribution is 7.99. The summed E-state index contributed by atoms with van der Waals surface area (Å²) in [6.45, 7) is 6.84. The van der Waals surface area contributed by atoms with E-state index in [9.17, 15) is 5.11 Å². The van der Waals surface area contributed by atoms with Crippen LogP contribution in [0.5, 0.6) is 0 Å². The summed E-state index contributed by atoms with van der Waals surface area (Å²) in [4.78, 5) is 2.31. The Morgan fingerprint density at radius 2 is 2.17 bits per heavy atom. The molecular formula is C16H21N5OS. The van der Waals surface area contributed by atoms with Gasteiger partial charge in [0.2, 0.25) is 5.16 Å². The van der Waals surface area contributed by atoms with Crippen molar-refractivity contribution in [3.8, 4) is 0 Å². The number of hydrogen-bond acceptors (Lipinski definition) is 6. The first-order valence-electron chi connectivity index (χ1n) is 7.73. The van der Waals surface area contributed by atoms with Crippen molar-refractivity contribution in [3.05, 3.63) is 48.0 Å². The Balaban J connectivity index is 1.49. The fourth-order valence-corrected chi connectivity index (χ4v) is 3.57. The van der Waals surface area contributed by atoms with Crippen LogP contribution in [0.2, 0.25) is 0 Å². The summed E-state index contributed by atoms with van der Waals surface area (Å²) in [6, 6.07) is 8.53. The van der Waals surface area contributed by atoms with Gasteiger partial charge in [-0.05, 0) is 28.0 Å². The standard InChI is InChI=1S/C16H21N5OS/c1-2-8-21-16(17-18-19-21)23-12-15(22)11-20-9-7-13-5-3-4-6-14(13)10-20/h2-6,15,22H,1,7-12H2. The number of hydrogen-bond donors (Lipinski definition) is 1. The van der Waals surface area contributed by atoms with Crippen LogP contribution in [0.25, 0.3) is 0 Å². The molecule has 1 aromatic heterocycles. The van der Waals surface area contributed by atoms with Gasteiger partial charge in [-0.15, -0.1) is 11.7 Å². The number of allylic oxidation sites excluding steroid dienone is 1. The van der Waals surface area contributed by atoms with E-state index >= 15 is 0 Å². The van der Waals surface area contributed by atoms with Gasteiger partial charge in [0.15, 0.2) is 0 Å².